The van der Waals surface area contributed by atoms with Crippen LogP contribution in [0.4, 0.5) is 0 Å². The minimum Gasteiger partial charge on any atom is -0.430 e. The van der Waals surface area contributed by atoms with Gasteiger partial charge in [-0.25, -0.2) is 0 Å². The van der Waals surface area contributed by atoms with Gasteiger partial charge < -0.3 is 4.74 Å². The third kappa shape index (κ3) is 5.65. The third-order valence-corrected chi connectivity index (χ3v) is 3.03. The number of hydrogen-bond donors (Lipinski definition) is 0. The van der Waals surface area contributed by atoms with Crippen LogP contribution in [0.15, 0.2) is 22.1 Å². The molecule has 108 valence electrons. The second-order valence-electron chi connectivity index (χ2n) is 4.48. The Labute approximate surface area is 117 Å². The van der Waals surface area contributed by atoms with E-state index in [1.807, 2.05) is 6.08 Å². The molecule has 20 heavy (non-hydrogen) atoms. The van der Waals surface area contributed by atoms with Gasteiger partial charge in [0.25, 0.3) is 0 Å². The molecule has 0 aromatic heterocycles. The van der Waals surface area contributed by atoms with Crippen molar-refractivity contribution >= 4 is 5.97 Å². The minimum atomic E-state index is -0.172. The van der Waals surface area contributed by atoms with Crippen molar-refractivity contribution in [3.8, 4) is 0 Å². The Bertz CT molecular complexity index is 449. The summed E-state index contributed by atoms with van der Waals surface area (Å²) in [5.74, 6) is 0.454. The van der Waals surface area contributed by atoms with Crippen LogP contribution in [0.2, 0.25) is 0 Å². The number of nitrogens with zero attached hydrogens (tertiary/aromatic N) is 6. The van der Waals surface area contributed by atoms with E-state index in [4.69, 9.17) is 15.8 Å². The molecule has 0 radical (unpaired) electrons. The van der Waals surface area contributed by atoms with Crippen molar-refractivity contribution in [2.75, 3.05) is 13.1 Å². The lowest BCUT2D eigenvalue weighted by Crippen LogP contribution is -2.32. The maximum Gasteiger partial charge on any atom is 0.321 e. The van der Waals surface area contributed by atoms with Crippen LogP contribution in [0.5, 0.6) is 0 Å². The molecule has 0 amide bonds. The minimum absolute atomic E-state index is 0.127. The molecule has 1 saturated heterocycles. The van der Waals surface area contributed by atoms with Crippen molar-refractivity contribution in [1.29, 1.82) is 0 Å². The molecular weight excluding hydrogens is 260 g/mol. The van der Waals surface area contributed by atoms with E-state index in [1.54, 1.807) is 0 Å². The zero-order chi connectivity index (χ0) is 14.6. The Morgan fingerprint density at radius 1 is 1.10 bits per heavy atom. The van der Waals surface area contributed by atoms with E-state index < -0.39 is 0 Å². The Balaban J connectivity index is 2.19. The second-order valence-corrected chi connectivity index (χ2v) is 4.48. The quantitative estimate of drug-likeness (QED) is 0.197. The smallest absolute Gasteiger partial charge is 0.321 e. The van der Waals surface area contributed by atoms with Gasteiger partial charge in [0.2, 0.25) is 0 Å². The number of cyclic esters (lactones) is 1. The first-order valence-corrected chi connectivity index (χ1v) is 6.73. The molecule has 1 heterocycles. The highest BCUT2D eigenvalue weighted by molar-refractivity contribution is 5.82. The number of carbonyl (C=O) groups is 1. The monoisotopic (exact) mass is 278 g/mol. The Morgan fingerprint density at radius 3 is 2.35 bits per heavy atom. The number of azide groups is 2. The van der Waals surface area contributed by atoms with Crippen LogP contribution in [0.3, 0.4) is 0 Å². The third-order valence-electron chi connectivity index (χ3n) is 3.03. The molecule has 0 bridgehead atoms. The summed E-state index contributed by atoms with van der Waals surface area (Å²) >= 11 is 0. The van der Waals surface area contributed by atoms with Gasteiger partial charge in [0.1, 0.15) is 11.7 Å². The van der Waals surface area contributed by atoms with Gasteiger partial charge >= 0.3 is 5.97 Å². The van der Waals surface area contributed by atoms with Gasteiger partial charge in [0, 0.05) is 22.9 Å². The topological polar surface area (TPSA) is 124 Å². The van der Waals surface area contributed by atoms with Crippen molar-refractivity contribution in [2.24, 2.45) is 16.1 Å². The van der Waals surface area contributed by atoms with Crippen LogP contribution in [-0.4, -0.2) is 19.1 Å². The van der Waals surface area contributed by atoms with Gasteiger partial charge in [0.15, 0.2) is 0 Å². The van der Waals surface area contributed by atoms with E-state index in [1.165, 1.54) is 0 Å². The van der Waals surface area contributed by atoms with Gasteiger partial charge in [-0.05, 0) is 49.2 Å². The molecule has 0 spiro atoms. The number of hydrogen-bond acceptors (Lipinski definition) is 4. The van der Waals surface area contributed by atoms with Gasteiger partial charge in [-0.15, -0.1) is 0 Å². The number of esters is 1. The van der Waals surface area contributed by atoms with E-state index in [2.05, 4.69) is 20.1 Å². The standard InChI is InChI=1S/C12H18N6O2/c13-17-15-8-4-1-2-7-11-10(12(19)20-11)6-3-5-9-16-18-14/h7,10H,1-6,8-9H2/b11-7-. The summed E-state index contributed by atoms with van der Waals surface area (Å²) in [6, 6.07) is 0. The number of unbranched alkanes of at least 4 members (excludes halogenated alkanes) is 3. The van der Waals surface area contributed by atoms with E-state index in [0.717, 1.165) is 44.3 Å². The van der Waals surface area contributed by atoms with Gasteiger partial charge in [-0.1, -0.05) is 16.6 Å². The van der Waals surface area contributed by atoms with Crippen LogP contribution in [0, 0.1) is 5.92 Å². The maximum absolute atomic E-state index is 11.3. The number of carbonyl (C=O) groups excluding carboxylic acids is 1. The molecule has 1 aliphatic rings. The molecule has 0 aromatic rings. The van der Waals surface area contributed by atoms with Crippen LogP contribution in [0.1, 0.15) is 38.5 Å². The predicted octanol–water partition coefficient (Wildman–Crippen LogP) is 4.00. The average Bonchev–Trinajstić information content (AvgIpc) is 2.45. The van der Waals surface area contributed by atoms with Crippen molar-refractivity contribution in [2.45, 2.75) is 38.5 Å². The van der Waals surface area contributed by atoms with Gasteiger partial charge in [-0.3, -0.25) is 4.79 Å². The summed E-state index contributed by atoms with van der Waals surface area (Å²) in [5, 5.41) is 6.91. The lowest BCUT2D eigenvalue weighted by Gasteiger charge is -2.27. The molecule has 1 unspecified atom stereocenters. The van der Waals surface area contributed by atoms with Crippen LogP contribution >= 0.6 is 0 Å². The lowest BCUT2D eigenvalue weighted by molar-refractivity contribution is -0.157. The number of rotatable bonds is 10. The van der Waals surface area contributed by atoms with E-state index >= 15 is 0 Å². The fourth-order valence-electron chi connectivity index (χ4n) is 1.95. The van der Waals surface area contributed by atoms with E-state index in [9.17, 15) is 4.79 Å². The Hall–Kier alpha value is -2.17. The molecule has 0 aromatic carbocycles. The lowest BCUT2D eigenvalue weighted by atomic mass is 9.94. The fourth-order valence-corrected chi connectivity index (χ4v) is 1.95. The Morgan fingerprint density at radius 2 is 1.75 bits per heavy atom. The zero-order valence-electron chi connectivity index (χ0n) is 11.3. The number of ether oxygens (including phenoxy) is 1. The average molecular weight is 278 g/mol. The van der Waals surface area contributed by atoms with Crippen molar-refractivity contribution in [3.63, 3.8) is 0 Å². The highest BCUT2D eigenvalue weighted by atomic mass is 16.6. The molecule has 8 heteroatoms. The molecule has 1 fully saturated rings. The molecule has 0 aliphatic carbocycles. The van der Waals surface area contributed by atoms with E-state index in [0.29, 0.717) is 13.1 Å². The van der Waals surface area contributed by atoms with Gasteiger partial charge in [-0.2, -0.15) is 0 Å². The fraction of sp³-hybridized carbons (Fsp3) is 0.750. The highest BCUT2D eigenvalue weighted by Crippen LogP contribution is 2.31. The predicted molar refractivity (Wildman–Crippen MR) is 73.4 cm³/mol. The molecule has 1 atom stereocenters. The van der Waals surface area contributed by atoms with Crippen LogP contribution < -0.4 is 0 Å². The molecular formula is C12H18N6O2. The first-order chi connectivity index (χ1) is 9.79. The summed E-state index contributed by atoms with van der Waals surface area (Å²) in [7, 11) is 0. The molecule has 0 N–H and O–H groups in total. The van der Waals surface area contributed by atoms with Crippen molar-refractivity contribution < 1.29 is 9.53 Å². The first kappa shape index (κ1) is 15.9. The van der Waals surface area contributed by atoms with Crippen LogP contribution in [-0.2, 0) is 9.53 Å². The summed E-state index contributed by atoms with van der Waals surface area (Å²) < 4.78 is 5.02. The highest BCUT2D eigenvalue weighted by Gasteiger charge is 2.36. The maximum atomic E-state index is 11.3. The SMILES string of the molecule is [N-]=[N+]=NCCCC/C=C1\OC(=O)C1CCCCN=[N+]=[N-]. The Kier molecular flexibility index (Phi) is 7.72. The molecule has 1 rings (SSSR count). The van der Waals surface area contributed by atoms with Crippen LogP contribution in [0.25, 0.3) is 20.9 Å². The van der Waals surface area contributed by atoms with Crippen molar-refractivity contribution in [1.82, 2.24) is 0 Å². The zero-order valence-corrected chi connectivity index (χ0v) is 11.3. The first-order valence-electron chi connectivity index (χ1n) is 6.73. The number of allylic oxidation sites excluding steroid dienone is 1. The summed E-state index contributed by atoms with van der Waals surface area (Å²) in [5.41, 5.74) is 16.3. The molecule has 8 nitrogen and oxygen atoms in total. The summed E-state index contributed by atoms with van der Waals surface area (Å²) in [6.07, 6.45) is 6.86. The summed E-state index contributed by atoms with van der Waals surface area (Å²) in [6.45, 7) is 0.971. The largest absolute Gasteiger partial charge is 0.430 e. The summed E-state index contributed by atoms with van der Waals surface area (Å²) in [4.78, 5) is 16.7. The molecule has 0 saturated carbocycles. The van der Waals surface area contributed by atoms with Crippen molar-refractivity contribution in [3.05, 3.63) is 32.7 Å². The normalized spacial score (nSPS) is 18.7. The van der Waals surface area contributed by atoms with Gasteiger partial charge in [0.05, 0.1) is 0 Å². The second kappa shape index (κ2) is 9.72. The molecule has 1 aliphatic heterocycles. The van der Waals surface area contributed by atoms with E-state index in [-0.39, 0.29) is 11.9 Å².